The number of hydrogen-bond acceptors (Lipinski definition) is 5. The Morgan fingerprint density at radius 2 is 2.18 bits per heavy atom. The zero-order chi connectivity index (χ0) is 15.7. The highest BCUT2D eigenvalue weighted by atomic mass is 16.5. The van der Waals surface area contributed by atoms with Crippen LogP contribution < -0.4 is 15.8 Å². The summed E-state index contributed by atoms with van der Waals surface area (Å²) in [5.74, 6) is 0.645. The number of ether oxygens (including phenoxy) is 1. The van der Waals surface area contributed by atoms with Crippen molar-refractivity contribution in [3.63, 3.8) is 0 Å². The molecular formula is C17H20N4O. The molecule has 0 unspecified atom stereocenters. The first-order valence-corrected chi connectivity index (χ1v) is 7.73. The van der Waals surface area contributed by atoms with Crippen LogP contribution in [0.4, 0.5) is 11.4 Å². The summed E-state index contributed by atoms with van der Waals surface area (Å²) < 4.78 is 5.56. The second-order valence-electron chi connectivity index (χ2n) is 5.53. The molecule has 114 valence electrons. The lowest BCUT2D eigenvalue weighted by molar-refractivity contribution is 0.342. The number of nitrogen functional groups attached to an aromatic ring is 1. The summed E-state index contributed by atoms with van der Waals surface area (Å²) in [5, 5.41) is 13.9. The number of nitrogens with zero attached hydrogens (tertiary/aromatic N) is 2. The first kappa shape index (κ1) is 14.5. The van der Waals surface area contributed by atoms with Crippen LogP contribution in [0.2, 0.25) is 0 Å². The Morgan fingerprint density at radius 3 is 2.77 bits per heavy atom. The Bertz CT molecular complexity index is 760. The highest BCUT2D eigenvalue weighted by Crippen LogP contribution is 2.37. The number of nitriles is 1. The zero-order valence-corrected chi connectivity index (χ0v) is 12.9. The van der Waals surface area contributed by atoms with E-state index in [1.165, 1.54) is 0 Å². The molecule has 2 aromatic rings. The van der Waals surface area contributed by atoms with Gasteiger partial charge in [0.15, 0.2) is 0 Å². The number of pyridine rings is 1. The van der Waals surface area contributed by atoms with E-state index in [-0.39, 0.29) is 0 Å². The summed E-state index contributed by atoms with van der Waals surface area (Å²) >= 11 is 0. The average Bonchev–Trinajstić information content (AvgIpc) is 3.32. The molecule has 0 amide bonds. The van der Waals surface area contributed by atoms with Gasteiger partial charge in [0.05, 0.1) is 34.8 Å². The summed E-state index contributed by atoms with van der Waals surface area (Å²) in [6.07, 6.45) is 3.00. The van der Waals surface area contributed by atoms with Gasteiger partial charge in [-0.1, -0.05) is 6.92 Å². The van der Waals surface area contributed by atoms with E-state index in [0.717, 1.165) is 35.1 Å². The number of nitrogens with two attached hydrogens (primary N) is 1. The second kappa shape index (κ2) is 5.72. The van der Waals surface area contributed by atoms with E-state index in [2.05, 4.69) is 16.4 Å². The SMILES string of the molecule is CCOc1cc2nc(CC)c(C#N)c(NC3CC3)c2cc1N. The van der Waals surface area contributed by atoms with E-state index in [9.17, 15) is 5.26 Å². The Balaban J connectivity index is 2.25. The fourth-order valence-electron chi connectivity index (χ4n) is 2.60. The summed E-state index contributed by atoms with van der Waals surface area (Å²) in [7, 11) is 0. The summed E-state index contributed by atoms with van der Waals surface area (Å²) in [6.45, 7) is 4.49. The van der Waals surface area contributed by atoms with E-state index >= 15 is 0 Å². The molecule has 0 bridgehead atoms. The molecule has 3 N–H and O–H groups in total. The number of nitrogens with one attached hydrogen (secondary N) is 1. The Morgan fingerprint density at radius 1 is 1.41 bits per heavy atom. The molecule has 3 rings (SSSR count). The van der Waals surface area contributed by atoms with E-state index < -0.39 is 0 Å². The van der Waals surface area contributed by atoms with Gasteiger partial charge in [-0.3, -0.25) is 4.98 Å². The lowest BCUT2D eigenvalue weighted by Gasteiger charge is -2.16. The molecule has 1 aromatic carbocycles. The van der Waals surface area contributed by atoms with Crippen LogP contribution in [0.15, 0.2) is 12.1 Å². The van der Waals surface area contributed by atoms with Gasteiger partial charge < -0.3 is 15.8 Å². The molecule has 1 aromatic heterocycles. The average molecular weight is 296 g/mol. The minimum absolute atomic E-state index is 0.454. The third-order valence-corrected chi connectivity index (χ3v) is 3.86. The minimum atomic E-state index is 0.454. The van der Waals surface area contributed by atoms with Gasteiger partial charge in [-0.15, -0.1) is 0 Å². The lowest BCUT2D eigenvalue weighted by atomic mass is 10.0. The molecule has 1 saturated carbocycles. The van der Waals surface area contributed by atoms with Crippen molar-refractivity contribution in [1.29, 1.82) is 5.26 Å². The van der Waals surface area contributed by atoms with Crippen molar-refractivity contribution in [2.75, 3.05) is 17.7 Å². The molecule has 1 aliphatic carbocycles. The molecule has 0 aliphatic heterocycles. The maximum Gasteiger partial charge on any atom is 0.144 e. The maximum absolute atomic E-state index is 9.55. The fraction of sp³-hybridized carbons (Fsp3) is 0.412. The van der Waals surface area contributed by atoms with Gasteiger partial charge in [-0.25, -0.2) is 0 Å². The minimum Gasteiger partial charge on any atom is -0.492 e. The van der Waals surface area contributed by atoms with Crippen molar-refractivity contribution in [3.8, 4) is 11.8 Å². The molecule has 0 atom stereocenters. The van der Waals surface area contributed by atoms with Crippen LogP contribution in [0.1, 0.15) is 37.9 Å². The third kappa shape index (κ3) is 2.52. The van der Waals surface area contributed by atoms with Crippen LogP contribution in [-0.2, 0) is 6.42 Å². The predicted molar refractivity (Wildman–Crippen MR) is 88.1 cm³/mol. The van der Waals surface area contributed by atoms with E-state index in [1.807, 2.05) is 26.0 Å². The van der Waals surface area contributed by atoms with Crippen LogP contribution in [0.5, 0.6) is 5.75 Å². The third-order valence-electron chi connectivity index (χ3n) is 3.86. The quantitative estimate of drug-likeness (QED) is 0.828. The standard InChI is InChI=1S/C17H20N4O/c1-3-14-12(9-18)17(20-10-5-6-10)11-7-13(19)16(22-4-2)8-15(11)21-14/h7-8,10H,3-6,19H2,1-2H3,(H,20,21). The van der Waals surface area contributed by atoms with Crippen molar-refractivity contribution in [2.45, 2.75) is 39.2 Å². The van der Waals surface area contributed by atoms with Gasteiger partial charge in [0.2, 0.25) is 0 Å². The predicted octanol–water partition coefficient (Wildman–Crippen LogP) is 3.22. The topological polar surface area (TPSA) is 84.0 Å². The smallest absolute Gasteiger partial charge is 0.144 e. The Kier molecular flexibility index (Phi) is 3.76. The number of aryl methyl sites for hydroxylation is 1. The number of hydrogen-bond donors (Lipinski definition) is 2. The molecule has 1 aliphatic rings. The molecule has 5 nitrogen and oxygen atoms in total. The fourth-order valence-corrected chi connectivity index (χ4v) is 2.60. The second-order valence-corrected chi connectivity index (χ2v) is 5.53. The molecule has 0 radical (unpaired) electrons. The van der Waals surface area contributed by atoms with Gasteiger partial charge >= 0.3 is 0 Å². The highest BCUT2D eigenvalue weighted by molar-refractivity contribution is 5.98. The highest BCUT2D eigenvalue weighted by Gasteiger charge is 2.25. The lowest BCUT2D eigenvalue weighted by Crippen LogP contribution is -2.08. The van der Waals surface area contributed by atoms with E-state index in [4.69, 9.17) is 10.5 Å². The molecule has 22 heavy (non-hydrogen) atoms. The van der Waals surface area contributed by atoms with Crippen LogP contribution in [0.25, 0.3) is 10.9 Å². The Labute approximate surface area is 130 Å². The number of anilines is 2. The Hall–Kier alpha value is -2.48. The number of aromatic nitrogens is 1. The maximum atomic E-state index is 9.55. The van der Waals surface area contributed by atoms with Crippen molar-refractivity contribution in [1.82, 2.24) is 4.98 Å². The zero-order valence-electron chi connectivity index (χ0n) is 12.9. The van der Waals surface area contributed by atoms with Crippen LogP contribution in [-0.4, -0.2) is 17.6 Å². The monoisotopic (exact) mass is 296 g/mol. The number of benzene rings is 1. The van der Waals surface area contributed by atoms with Crippen LogP contribution in [0, 0.1) is 11.3 Å². The van der Waals surface area contributed by atoms with Gasteiger partial charge in [-0.05, 0) is 32.3 Å². The largest absolute Gasteiger partial charge is 0.492 e. The van der Waals surface area contributed by atoms with E-state index in [1.54, 1.807) is 0 Å². The molecule has 0 saturated heterocycles. The normalized spacial score (nSPS) is 13.9. The molecule has 1 fully saturated rings. The first-order valence-electron chi connectivity index (χ1n) is 7.73. The van der Waals surface area contributed by atoms with Crippen LogP contribution in [0.3, 0.4) is 0 Å². The van der Waals surface area contributed by atoms with Crippen LogP contribution >= 0.6 is 0 Å². The van der Waals surface area contributed by atoms with Crippen molar-refractivity contribution in [3.05, 3.63) is 23.4 Å². The molecule has 0 spiro atoms. The number of fused-ring (bicyclic) bond motifs is 1. The van der Waals surface area contributed by atoms with Gasteiger partial charge in [0.25, 0.3) is 0 Å². The van der Waals surface area contributed by atoms with Crippen molar-refractivity contribution < 1.29 is 4.74 Å². The van der Waals surface area contributed by atoms with Crippen molar-refractivity contribution >= 4 is 22.3 Å². The van der Waals surface area contributed by atoms with Gasteiger partial charge in [0.1, 0.15) is 11.8 Å². The molecule has 1 heterocycles. The number of rotatable bonds is 5. The van der Waals surface area contributed by atoms with E-state index in [0.29, 0.717) is 36.1 Å². The summed E-state index contributed by atoms with van der Waals surface area (Å²) in [6, 6.07) is 6.48. The van der Waals surface area contributed by atoms with Crippen molar-refractivity contribution in [2.24, 2.45) is 0 Å². The summed E-state index contributed by atoms with van der Waals surface area (Å²) in [5.41, 5.74) is 9.78. The van der Waals surface area contributed by atoms with Gasteiger partial charge in [-0.2, -0.15) is 5.26 Å². The molecule has 5 heteroatoms. The first-order chi connectivity index (χ1) is 10.7. The summed E-state index contributed by atoms with van der Waals surface area (Å²) in [4.78, 5) is 4.64. The van der Waals surface area contributed by atoms with Gasteiger partial charge in [0, 0.05) is 17.5 Å². The molecular weight excluding hydrogens is 276 g/mol.